The largest absolute Gasteiger partial charge is 0.491 e. The van der Waals surface area contributed by atoms with Crippen molar-refractivity contribution in [3.8, 4) is 5.75 Å². The standard InChI is InChI=1S/C39H47F3N6O3.2CH3F/c1-6-12-29(13-8-7-11-17-40)33(26(2)45-30-16-18-43-38(21-30)46-28(4)49)24-44-27(3)39-32-14-9-10-15-37(32)48(47-39)25-34-35(41)22-31(23-36(34)42)51-20-19-50-5;2*1-2/h9-10,14-16,18,21-24,29H,2,6-8,11-13,17,19-20,25H2,1,3-5H3,(H2,43,45,46,49);2*1H3/b33-24+,44-27?;;. The van der Waals surface area contributed by atoms with Crippen molar-refractivity contribution in [1.82, 2.24) is 14.8 Å². The first-order valence-corrected chi connectivity index (χ1v) is 18.0. The minimum Gasteiger partial charge on any atom is -0.491 e. The number of fused-ring (bicyclic) bond motifs is 1. The molecule has 300 valence electrons. The summed E-state index contributed by atoms with van der Waals surface area (Å²) in [5.74, 6) is -1.13. The van der Waals surface area contributed by atoms with Crippen LogP contribution in [0.15, 0.2) is 83.8 Å². The molecule has 14 heteroatoms. The van der Waals surface area contributed by atoms with Crippen molar-refractivity contribution < 1.29 is 36.2 Å². The zero-order valence-corrected chi connectivity index (χ0v) is 32.5. The van der Waals surface area contributed by atoms with Crippen LogP contribution in [0, 0.1) is 17.6 Å². The highest BCUT2D eigenvalue weighted by atomic mass is 19.1. The summed E-state index contributed by atoms with van der Waals surface area (Å²) < 4.78 is 74.2. The monoisotopic (exact) mass is 772 g/mol. The Morgan fingerprint density at radius 1 is 0.982 bits per heavy atom. The highest BCUT2D eigenvalue weighted by molar-refractivity contribution is 6.08. The first-order valence-electron chi connectivity index (χ1n) is 18.0. The lowest BCUT2D eigenvalue weighted by Crippen LogP contribution is -2.13. The van der Waals surface area contributed by atoms with Gasteiger partial charge in [0.25, 0.3) is 0 Å². The lowest BCUT2D eigenvalue weighted by Gasteiger charge is -2.22. The van der Waals surface area contributed by atoms with Gasteiger partial charge < -0.3 is 20.1 Å². The van der Waals surface area contributed by atoms with Crippen molar-refractivity contribution in [3.05, 3.63) is 102 Å². The van der Waals surface area contributed by atoms with Crippen LogP contribution in [0.1, 0.15) is 70.6 Å². The van der Waals surface area contributed by atoms with Gasteiger partial charge in [-0.25, -0.2) is 13.8 Å². The quantitative estimate of drug-likeness (QED) is 0.0401. The van der Waals surface area contributed by atoms with Crippen LogP contribution in [0.3, 0.4) is 0 Å². The molecule has 2 heterocycles. The number of methoxy groups -OCH3 is 1. The maximum atomic E-state index is 15.2. The summed E-state index contributed by atoms with van der Waals surface area (Å²) in [6, 6.07) is 13.3. The van der Waals surface area contributed by atoms with Gasteiger partial charge in [0.1, 0.15) is 35.5 Å². The number of amides is 1. The van der Waals surface area contributed by atoms with Crippen molar-refractivity contribution in [2.75, 3.05) is 52.0 Å². The molecular formula is C41H53F5N6O3. The molecule has 1 amide bonds. The van der Waals surface area contributed by atoms with E-state index in [-0.39, 0.29) is 43.0 Å². The number of halogens is 5. The number of pyridine rings is 1. The molecule has 0 aliphatic heterocycles. The molecule has 0 saturated heterocycles. The number of rotatable bonds is 20. The summed E-state index contributed by atoms with van der Waals surface area (Å²) in [5, 5.41) is 11.6. The maximum absolute atomic E-state index is 15.2. The van der Waals surface area contributed by atoms with Gasteiger partial charge in [-0.3, -0.25) is 27.6 Å². The van der Waals surface area contributed by atoms with Crippen molar-refractivity contribution in [1.29, 1.82) is 0 Å². The third kappa shape index (κ3) is 14.2. The Labute approximate surface area is 320 Å². The fraction of sp³-hybridized carbons (Fsp3) is 0.415. The molecule has 55 heavy (non-hydrogen) atoms. The van der Waals surface area contributed by atoms with Gasteiger partial charge in [0.2, 0.25) is 5.91 Å². The highest BCUT2D eigenvalue weighted by Crippen LogP contribution is 2.31. The molecule has 0 spiro atoms. The second kappa shape index (κ2) is 25.1. The summed E-state index contributed by atoms with van der Waals surface area (Å²) in [7, 11) is 2.52. The number of benzene rings is 2. The number of nitrogens with one attached hydrogen (secondary N) is 2. The number of para-hydroxylation sites is 1. The number of carbonyl (C=O) groups excluding carboxylic acids is 1. The van der Waals surface area contributed by atoms with Crippen molar-refractivity contribution in [3.63, 3.8) is 0 Å². The smallest absolute Gasteiger partial charge is 0.222 e. The lowest BCUT2D eigenvalue weighted by molar-refractivity contribution is -0.114. The number of carbonyl (C=O) groups is 1. The van der Waals surface area contributed by atoms with E-state index in [1.807, 2.05) is 31.2 Å². The molecule has 9 nitrogen and oxygen atoms in total. The van der Waals surface area contributed by atoms with E-state index in [0.717, 1.165) is 55.2 Å². The van der Waals surface area contributed by atoms with Crippen LogP contribution in [-0.4, -0.2) is 67.7 Å². The Kier molecular flexibility index (Phi) is 21.0. The van der Waals surface area contributed by atoms with Crippen molar-refractivity contribution in [2.24, 2.45) is 10.9 Å². The molecule has 1 unspecified atom stereocenters. The number of hydrogen-bond acceptors (Lipinski definition) is 7. The average Bonchev–Trinajstić information content (AvgIpc) is 3.54. The third-order valence-electron chi connectivity index (χ3n) is 8.35. The fourth-order valence-corrected chi connectivity index (χ4v) is 5.85. The minimum absolute atomic E-state index is 0.0827. The zero-order chi connectivity index (χ0) is 40.8. The van der Waals surface area contributed by atoms with Crippen LogP contribution in [0.5, 0.6) is 5.75 Å². The first kappa shape index (κ1) is 46.0. The van der Waals surface area contributed by atoms with E-state index in [9.17, 15) is 18.0 Å². The summed E-state index contributed by atoms with van der Waals surface area (Å²) in [6.45, 7) is 9.71. The molecule has 0 radical (unpaired) electrons. The third-order valence-corrected chi connectivity index (χ3v) is 8.35. The first-order chi connectivity index (χ1) is 26.6. The number of anilines is 2. The van der Waals surface area contributed by atoms with Gasteiger partial charge in [-0.05, 0) is 49.8 Å². The summed E-state index contributed by atoms with van der Waals surface area (Å²) in [4.78, 5) is 20.7. The zero-order valence-electron chi connectivity index (χ0n) is 32.5. The molecule has 0 aliphatic carbocycles. The molecule has 0 aliphatic rings. The van der Waals surface area contributed by atoms with E-state index >= 15 is 8.78 Å². The van der Waals surface area contributed by atoms with Gasteiger partial charge >= 0.3 is 0 Å². The number of unbranched alkanes of at least 4 members (excludes halogenated alkanes) is 2. The molecular weight excluding hydrogens is 719 g/mol. The number of aliphatic imine (C=N–C) groups is 1. The fourth-order valence-electron chi connectivity index (χ4n) is 5.85. The van der Waals surface area contributed by atoms with Crippen LogP contribution >= 0.6 is 0 Å². The molecule has 2 N–H and O–H groups in total. The van der Waals surface area contributed by atoms with Gasteiger partial charge in [-0.15, -0.1) is 0 Å². The number of allylic oxidation sites excluding steroid dienone is 1. The molecule has 0 fully saturated rings. The number of hydrogen-bond donors (Lipinski definition) is 2. The van der Waals surface area contributed by atoms with E-state index in [0.29, 0.717) is 61.5 Å². The Hall–Kier alpha value is -5.11. The van der Waals surface area contributed by atoms with Crippen molar-refractivity contribution >= 4 is 34.0 Å². The maximum Gasteiger partial charge on any atom is 0.222 e. The molecule has 2 aromatic heterocycles. The molecule has 2 aromatic carbocycles. The molecule has 0 saturated carbocycles. The molecule has 0 bridgehead atoms. The second-order valence-corrected chi connectivity index (χ2v) is 12.3. The summed E-state index contributed by atoms with van der Waals surface area (Å²) >= 11 is 0. The van der Waals surface area contributed by atoms with E-state index < -0.39 is 11.6 Å². The number of aromatic nitrogens is 3. The van der Waals surface area contributed by atoms with Crippen molar-refractivity contribution in [2.45, 2.75) is 65.8 Å². The lowest BCUT2D eigenvalue weighted by atomic mass is 9.88. The van der Waals surface area contributed by atoms with Crippen LogP contribution in [0.25, 0.3) is 10.9 Å². The average molecular weight is 773 g/mol. The Morgan fingerprint density at radius 3 is 2.35 bits per heavy atom. The number of nitrogens with zero attached hydrogens (tertiary/aromatic N) is 4. The van der Waals surface area contributed by atoms with E-state index in [1.165, 1.54) is 14.0 Å². The van der Waals surface area contributed by atoms with Gasteiger partial charge in [0, 0.05) is 67.0 Å². The summed E-state index contributed by atoms with van der Waals surface area (Å²) in [6.07, 6.45) is 8.17. The SMILES string of the molecule is C=C(Nc1ccnc(NC(C)=O)c1)/C(=C\N=C(C)c1nn(Cc2c(F)cc(OCCOC)cc2F)c2ccccc12)C(CCC)CCCCCF.CF.CF. The van der Waals surface area contributed by atoms with Crippen LogP contribution in [0.4, 0.5) is 33.5 Å². The van der Waals surface area contributed by atoms with E-state index in [4.69, 9.17) is 19.6 Å². The molecule has 4 aromatic rings. The van der Waals surface area contributed by atoms with Gasteiger partial charge in [0.05, 0.1) is 45.4 Å². The topological polar surface area (TPSA) is 103 Å². The highest BCUT2D eigenvalue weighted by Gasteiger charge is 2.20. The van der Waals surface area contributed by atoms with Gasteiger partial charge in [-0.2, -0.15) is 5.10 Å². The Bertz CT molecular complexity index is 1840. The molecule has 1 atom stereocenters. The Balaban J connectivity index is 0.00000253. The van der Waals surface area contributed by atoms with Crippen LogP contribution in [-0.2, 0) is 16.1 Å². The van der Waals surface area contributed by atoms with E-state index in [1.54, 1.807) is 29.2 Å². The Morgan fingerprint density at radius 2 is 1.69 bits per heavy atom. The second-order valence-electron chi connectivity index (χ2n) is 12.3. The minimum atomic E-state index is -0.737. The predicted octanol–water partition coefficient (Wildman–Crippen LogP) is 10.2. The predicted molar refractivity (Wildman–Crippen MR) is 211 cm³/mol. The van der Waals surface area contributed by atoms with Crippen LogP contribution in [0.2, 0.25) is 0 Å². The van der Waals surface area contributed by atoms with Crippen LogP contribution < -0.4 is 15.4 Å². The molecule has 4 rings (SSSR count). The van der Waals surface area contributed by atoms with Gasteiger partial charge in [-0.1, -0.05) is 51.0 Å². The number of alkyl halides is 3. The summed E-state index contributed by atoms with van der Waals surface area (Å²) in [5.41, 5.74) is 3.94. The van der Waals surface area contributed by atoms with Gasteiger partial charge in [0.15, 0.2) is 0 Å². The normalized spacial score (nSPS) is 11.9. The van der Waals surface area contributed by atoms with E-state index in [2.05, 4.69) is 29.1 Å². The number of ether oxygens (including phenoxy) is 2.